The summed E-state index contributed by atoms with van der Waals surface area (Å²) >= 11 is 0. The second-order valence-corrected chi connectivity index (χ2v) is 9.23. The molecule has 3 aromatic heterocycles. The lowest BCUT2D eigenvalue weighted by Crippen LogP contribution is -2.34. The summed E-state index contributed by atoms with van der Waals surface area (Å²) in [5, 5.41) is 17.0. The van der Waals surface area contributed by atoms with Gasteiger partial charge in [-0.2, -0.15) is 5.26 Å². The van der Waals surface area contributed by atoms with Gasteiger partial charge >= 0.3 is 0 Å². The molecule has 2 N–H and O–H groups in total. The van der Waals surface area contributed by atoms with Crippen LogP contribution in [0.3, 0.4) is 0 Å². The Labute approximate surface area is 202 Å². The second-order valence-electron chi connectivity index (χ2n) is 9.23. The third-order valence-corrected chi connectivity index (χ3v) is 6.78. The number of nitriles is 1. The third kappa shape index (κ3) is 4.01. The van der Waals surface area contributed by atoms with Crippen molar-refractivity contribution in [2.45, 2.75) is 25.7 Å². The van der Waals surface area contributed by atoms with Crippen LogP contribution in [0, 0.1) is 23.2 Å². The van der Waals surface area contributed by atoms with Gasteiger partial charge in [0.05, 0.1) is 17.6 Å². The molecule has 2 aliphatic rings. The minimum atomic E-state index is 0.00652. The van der Waals surface area contributed by atoms with Gasteiger partial charge < -0.3 is 20.0 Å². The molecular weight excluding hydrogens is 442 g/mol. The molecule has 0 bridgehead atoms. The number of nitrogens with zero attached hydrogens (tertiary/aromatic N) is 5. The number of benzene rings is 1. The number of anilines is 3. The number of oxazole rings is 1. The highest BCUT2D eigenvalue weighted by Gasteiger charge is 2.30. The van der Waals surface area contributed by atoms with Crippen LogP contribution in [0.4, 0.5) is 17.3 Å². The molecule has 4 aromatic rings. The SMILES string of the molecule is CNc1ncc(-c2nc3cc(N4CCC[C@@H](C#N)C4)ccc3o2)c2cc(NC(=O)C3CC3)ncc12. The number of hydrogen-bond acceptors (Lipinski definition) is 8. The molecule has 1 saturated heterocycles. The molecule has 1 aromatic carbocycles. The number of hydrogen-bond donors (Lipinski definition) is 2. The van der Waals surface area contributed by atoms with Crippen LogP contribution in [-0.2, 0) is 4.79 Å². The van der Waals surface area contributed by atoms with Crippen molar-refractivity contribution in [3.63, 3.8) is 0 Å². The van der Waals surface area contributed by atoms with Crippen LogP contribution in [0.2, 0.25) is 0 Å². The Morgan fingerprint density at radius 2 is 2.06 bits per heavy atom. The Hall–Kier alpha value is -4.19. The highest BCUT2D eigenvalue weighted by Crippen LogP contribution is 2.36. The lowest BCUT2D eigenvalue weighted by atomic mass is 9.99. The second kappa shape index (κ2) is 8.55. The van der Waals surface area contributed by atoms with E-state index in [0.717, 1.165) is 66.3 Å². The number of nitrogens with one attached hydrogen (secondary N) is 2. The molecule has 9 nitrogen and oxygen atoms in total. The largest absolute Gasteiger partial charge is 0.436 e. The first-order chi connectivity index (χ1) is 17.1. The van der Waals surface area contributed by atoms with E-state index >= 15 is 0 Å². The van der Waals surface area contributed by atoms with Crippen molar-refractivity contribution >= 4 is 45.1 Å². The minimum absolute atomic E-state index is 0.00652. The van der Waals surface area contributed by atoms with Crippen molar-refractivity contribution in [1.82, 2.24) is 15.0 Å². The van der Waals surface area contributed by atoms with E-state index in [1.807, 2.05) is 31.3 Å². The quantitative estimate of drug-likeness (QED) is 0.438. The predicted molar refractivity (Wildman–Crippen MR) is 134 cm³/mol. The summed E-state index contributed by atoms with van der Waals surface area (Å²) in [4.78, 5) is 28.3. The van der Waals surface area contributed by atoms with Crippen molar-refractivity contribution in [2.24, 2.45) is 11.8 Å². The van der Waals surface area contributed by atoms with E-state index in [2.05, 4.69) is 31.6 Å². The van der Waals surface area contributed by atoms with Gasteiger partial charge in [0.1, 0.15) is 17.2 Å². The van der Waals surface area contributed by atoms with Gasteiger partial charge in [-0.15, -0.1) is 0 Å². The van der Waals surface area contributed by atoms with Crippen LogP contribution in [0.25, 0.3) is 33.3 Å². The maximum Gasteiger partial charge on any atom is 0.229 e. The maximum atomic E-state index is 12.3. The van der Waals surface area contributed by atoms with Crippen LogP contribution >= 0.6 is 0 Å². The number of piperidine rings is 1. The number of amides is 1. The molecule has 0 radical (unpaired) electrons. The van der Waals surface area contributed by atoms with Gasteiger partial charge in [0.25, 0.3) is 0 Å². The first kappa shape index (κ1) is 21.4. The third-order valence-electron chi connectivity index (χ3n) is 6.78. The normalized spacial score (nSPS) is 17.9. The molecule has 6 rings (SSSR count). The zero-order valence-electron chi connectivity index (χ0n) is 19.4. The van der Waals surface area contributed by atoms with Gasteiger partial charge in [0.15, 0.2) is 5.58 Å². The van der Waals surface area contributed by atoms with Crippen molar-refractivity contribution in [3.05, 3.63) is 36.7 Å². The Bertz CT molecular complexity index is 1480. The zero-order valence-corrected chi connectivity index (χ0v) is 19.4. The number of carbonyl (C=O) groups excluding carboxylic acids is 1. The van der Waals surface area contributed by atoms with Crippen LogP contribution < -0.4 is 15.5 Å². The smallest absolute Gasteiger partial charge is 0.229 e. The monoisotopic (exact) mass is 467 g/mol. The average Bonchev–Trinajstić information content (AvgIpc) is 3.67. The summed E-state index contributed by atoms with van der Waals surface area (Å²) in [5.74, 6) is 1.79. The molecule has 0 spiro atoms. The molecule has 176 valence electrons. The van der Waals surface area contributed by atoms with E-state index in [1.54, 1.807) is 12.4 Å². The first-order valence-electron chi connectivity index (χ1n) is 12.0. The van der Waals surface area contributed by atoms with Crippen LogP contribution in [0.1, 0.15) is 25.7 Å². The maximum absolute atomic E-state index is 12.3. The van der Waals surface area contributed by atoms with Crippen LogP contribution in [-0.4, -0.2) is 41.0 Å². The van der Waals surface area contributed by atoms with Crippen molar-refractivity contribution < 1.29 is 9.21 Å². The summed E-state index contributed by atoms with van der Waals surface area (Å²) < 4.78 is 6.14. The fourth-order valence-electron chi connectivity index (χ4n) is 4.69. The first-order valence-corrected chi connectivity index (χ1v) is 12.0. The van der Waals surface area contributed by atoms with E-state index in [9.17, 15) is 10.1 Å². The van der Waals surface area contributed by atoms with Gasteiger partial charge in [-0.25, -0.2) is 15.0 Å². The number of fused-ring (bicyclic) bond motifs is 2. The molecular formula is C26H25N7O2. The zero-order chi connectivity index (χ0) is 23.9. The van der Waals surface area contributed by atoms with E-state index in [1.165, 1.54) is 0 Å². The Kier molecular flexibility index (Phi) is 5.21. The minimum Gasteiger partial charge on any atom is -0.436 e. The fraction of sp³-hybridized carbons (Fsp3) is 0.346. The summed E-state index contributed by atoms with van der Waals surface area (Å²) in [6, 6.07) is 10.2. The number of rotatable bonds is 5. The highest BCUT2D eigenvalue weighted by atomic mass is 16.3. The lowest BCUT2D eigenvalue weighted by molar-refractivity contribution is -0.117. The Balaban J connectivity index is 1.39. The summed E-state index contributed by atoms with van der Waals surface area (Å²) in [6.45, 7) is 1.66. The topological polar surface area (TPSA) is 120 Å². The van der Waals surface area contributed by atoms with Gasteiger partial charge in [-0.05, 0) is 49.9 Å². The van der Waals surface area contributed by atoms with E-state index < -0.39 is 0 Å². The molecule has 1 atom stereocenters. The molecule has 0 unspecified atom stereocenters. The molecule has 1 amide bonds. The molecule has 1 aliphatic heterocycles. The van der Waals surface area contributed by atoms with Crippen molar-refractivity contribution in [1.29, 1.82) is 5.26 Å². The number of pyridine rings is 2. The predicted octanol–water partition coefficient (Wildman–Crippen LogP) is 4.57. The van der Waals surface area contributed by atoms with E-state index in [4.69, 9.17) is 9.40 Å². The molecule has 35 heavy (non-hydrogen) atoms. The van der Waals surface area contributed by atoms with Gasteiger partial charge in [0.2, 0.25) is 11.8 Å². The Morgan fingerprint density at radius 1 is 1.17 bits per heavy atom. The van der Waals surface area contributed by atoms with Crippen LogP contribution in [0.15, 0.2) is 41.1 Å². The van der Waals surface area contributed by atoms with Crippen LogP contribution in [0.5, 0.6) is 0 Å². The van der Waals surface area contributed by atoms with Gasteiger partial charge in [-0.1, -0.05) is 0 Å². The number of carbonyl (C=O) groups is 1. The summed E-state index contributed by atoms with van der Waals surface area (Å²) in [5.41, 5.74) is 3.20. The summed E-state index contributed by atoms with van der Waals surface area (Å²) in [7, 11) is 1.81. The molecule has 1 saturated carbocycles. The molecule has 2 fully saturated rings. The van der Waals surface area contributed by atoms with Crippen molar-refractivity contribution in [3.8, 4) is 17.5 Å². The van der Waals surface area contributed by atoms with E-state index in [-0.39, 0.29) is 17.7 Å². The van der Waals surface area contributed by atoms with E-state index in [0.29, 0.717) is 23.1 Å². The molecule has 1 aliphatic carbocycles. The highest BCUT2D eigenvalue weighted by molar-refractivity contribution is 6.03. The average molecular weight is 468 g/mol. The van der Waals surface area contributed by atoms with Crippen molar-refractivity contribution in [2.75, 3.05) is 35.7 Å². The molecule has 4 heterocycles. The standard InChI is InChI=1S/C26H25N7O2/c1-28-24-19-12-29-23(32-25(34)16-4-5-16)10-18(19)20(13-30-24)26-31-21-9-17(6-7-22(21)35-26)33-8-2-3-15(11-27)14-33/h6-7,9-10,12-13,15-16H,2-5,8,14H2,1H3,(H,28,30)(H,29,32,34)/t15-/m0/s1. The van der Waals surface area contributed by atoms with Gasteiger partial charge in [0, 0.05) is 54.9 Å². The summed E-state index contributed by atoms with van der Waals surface area (Å²) in [6.07, 6.45) is 7.25. The lowest BCUT2D eigenvalue weighted by Gasteiger charge is -2.31. The Morgan fingerprint density at radius 3 is 2.86 bits per heavy atom. The van der Waals surface area contributed by atoms with Gasteiger partial charge in [-0.3, -0.25) is 4.79 Å². The number of aromatic nitrogens is 3. The fourth-order valence-corrected chi connectivity index (χ4v) is 4.69. The molecule has 9 heteroatoms.